The molecule has 2 aliphatic heterocycles. The zero-order valence-corrected chi connectivity index (χ0v) is 71.3. The second kappa shape index (κ2) is 26.5. The summed E-state index contributed by atoms with van der Waals surface area (Å²) in [6, 6.07) is 103. The molecule has 0 saturated carbocycles. The Hall–Kier alpha value is -17.9. The van der Waals surface area contributed by atoms with Crippen molar-refractivity contribution in [3.05, 3.63) is 436 Å². The molecule has 135 heavy (non-hydrogen) atoms. The molecule has 30 aromatic rings. The van der Waals surface area contributed by atoms with Crippen LogP contribution >= 0.6 is 0 Å². The molecule has 8 nitrogen and oxygen atoms in total. The average Bonchev–Trinajstić information content (AvgIpc) is 1.04. The number of anilines is 6. The molecule has 0 amide bonds. The molecule has 9 aromatic heterocycles. The van der Waals surface area contributed by atoms with Gasteiger partial charge in [-0.3, -0.25) is 0 Å². The van der Waals surface area contributed by atoms with Crippen LogP contribution < -0.4 is 26.2 Å². The van der Waals surface area contributed by atoms with E-state index in [1.54, 1.807) is 9.13 Å². The minimum atomic E-state index is -0.995. The molecule has 0 bridgehead atoms. The predicted octanol–water partition coefficient (Wildman–Crippen LogP) is 31.6. The Labute approximate surface area is 797 Å². The Bertz CT molecular complexity index is 11100. The van der Waals surface area contributed by atoms with Crippen molar-refractivity contribution in [2.45, 2.75) is 0 Å². The fourth-order valence-corrected chi connectivity index (χ4v) is 23.9. The lowest BCUT2D eigenvalue weighted by Gasteiger charge is -2.46. The zero-order chi connectivity index (χ0) is 103. The van der Waals surface area contributed by atoms with Gasteiger partial charge in [0, 0.05) is 153 Å². The Balaban J connectivity index is 0.799. The molecule has 620 valence electrons. The van der Waals surface area contributed by atoms with Crippen molar-refractivity contribution in [1.82, 2.24) is 22.3 Å². The molecule has 21 aromatic carbocycles. The maximum absolute atomic E-state index is 11.0. The van der Waals surface area contributed by atoms with Crippen LogP contribution in [0, 0.1) is 0 Å². The van der Waals surface area contributed by atoms with Crippen molar-refractivity contribution in [1.29, 1.82) is 0 Å². The summed E-state index contributed by atoms with van der Waals surface area (Å²) in [6.45, 7) is -0.995. The van der Waals surface area contributed by atoms with Crippen LogP contribution in [0.25, 0.3) is 247 Å². The first kappa shape index (κ1) is 57.2. The van der Waals surface area contributed by atoms with Crippen molar-refractivity contribution < 1.29 is 29.1 Å². The van der Waals surface area contributed by atoms with E-state index in [0.29, 0.717) is 101 Å². The van der Waals surface area contributed by atoms with Gasteiger partial charge in [0.15, 0.2) is 0 Å². The van der Waals surface area contributed by atoms with E-state index in [4.69, 9.17) is 4.42 Å². The van der Waals surface area contributed by atoms with Crippen LogP contribution in [0.5, 0.6) is 0 Å². The van der Waals surface area contributed by atoms with Crippen LogP contribution in [-0.2, 0) is 0 Å². The van der Waals surface area contributed by atoms with E-state index in [-0.39, 0.29) is 67.1 Å². The summed E-state index contributed by atoms with van der Waals surface area (Å²) in [4.78, 5) is 4.58. The monoisotopic (exact) mass is 1730 g/mol. The maximum atomic E-state index is 11.0. The van der Waals surface area contributed by atoms with E-state index in [2.05, 4.69) is 229 Å². The lowest BCUT2D eigenvalue weighted by Crippen LogP contribution is -2.61. The van der Waals surface area contributed by atoms with Gasteiger partial charge in [0.1, 0.15) is 11.2 Å². The van der Waals surface area contributed by atoms with Gasteiger partial charge in [-0.1, -0.05) is 285 Å². The highest BCUT2D eigenvalue weighted by Crippen LogP contribution is 2.58. The molecule has 0 aliphatic carbocycles. The second-order valence-electron chi connectivity index (χ2n) is 35.9. The summed E-state index contributed by atoms with van der Waals surface area (Å²) in [7, 11) is 0. The van der Waals surface area contributed by atoms with E-state index in [0.717, 1.165) is 142 Å². The molecule has 2 aliphatic rings. The van der Waals surface area contributed by atoms with E-state index < -0.39 is 103 Å². The molecule has 32 rings (SSSR count). The van der Waals surface area contributed by atoms with E-state index in [1.165, 1.54) is 0 Å². The van der Waals surface area contributed by atoms with Crippen LogP contribution in [0.2, 0.25) is 0 Å². The first-order valence-corrected chi connectivity index (χ1v) is 45.3. The zero-order valence-electron chi connectivity index (χ0n) is 89.3. The predicted molar refractivity (Wildman–Crippen MR) is 568 cm³/mol. The third kappa shape index (κ3) is 9.53. The molecule has 11 heterocycles. The molecule has 0 fully saturated rings. The van der Waals surface area contributed by atoms with E-state index in [9.17, 15) is 24.7 Å². The largest absolute Gasteiger partial charge is 0.456 e. The van der Waals surface area contributed by atoms with Crippen molar-refractivity contribution in [3.8, 4) is 67.0 Å². The number of nitrogens with zero attached hydrogens (tertiary/aromatic N) is 7. The topological polar surface area (TPSA) is 42.7 Å². The number of benzene rings is 21. The lowest BCUT2D eigenvalue weighted by atomic mass is 9.33. The van der Waals surface area contributed by atoms with Gasteiger partial charge in [0.2, 0.25) is 0 Å². The molecule has 0 saturated heterocycles. The Morgan fingerprint density at radius 1 is 0.207 bits per heavy atom. The first-order chi connectivity index (χ1) is 74.4. The highest BCUT2D eigenvalue weighted by atomic mass is 16.3. The number of hydrogen-bond donors (Lipinski definition) is 0. The highest BCUT2D eigenvalue weighted by Gasteiger charge is 2.47. The smallest absolute Gasteiger partial charge is 0.252 e. The van der Waals surface area contributed by atoms with Gasteiger partial charge in [0.25, 0.3) is 6.71 Å². The minimum Gasteiger partial charge on any atom is -0.456 e. The lowest BCUT2D eigenvalue weighted by molar-refractivity contribution is 0.669. The van der Waals surface area contributed by atoms with Crippen molar-refractivity contribution >= 4 is 237 Å². The molecular formula is C126H72BN7O. The number of hydrogen-bond acceptors (Lipinski definition) is 3. The van der Waals surface area contributed by atoms with Crippen LogP contribution in [0.1, 0.15) is 24.7 Å². The molecule has 0 unspecified atom stereocenters. The quantitative estimate of drug-likeness (QED) is 0.135. The van der Waals surface area contributed by atoms with Gasteiger partial charge in [-0.2, -0.15) is 0 Å². The average molecular weight is 1730 g/mol. The molecular weight excluding hydrogens is 1640 g/mol. The Morgan fingerprint density at radius 2 is 0.526 bits per heavy atom. The fraction of sp³-hybridized carbons (Fsp3) is 0. The third-order valence-corrected chi connectivity index (χ3v) is 29.3. The van der Waals surface area contributed by atoms with Crippen LogP contribution in [0.3, 0.4) is 0 Å². The van der Waals surface area contributed by atoms with Gasteiger partial charge in [-0.25, -0.2) is 0 Å². The SMILES string of the molecule is [2H]c1cc(-c2ccccc2)c(N2c3cc(-n4c5c([2H])c([2H])c([2H])c([2H])c5c5c([2H])c([2H])c([2H])c([2H])c54)ccc3B3c4ccc(-n5c6c([2H])c([2H])c([2H])c([2H])c6c6c([2H])c([2H])c([2H])c([2H])c65)cc4N(c4c(-c5cc6c7ccccc7n7c8ccccc8c(c5)c67)cc([2H])cc4-c4cc5c6ccccc6n6c7ccccc7c(c4)c56)c4cc(-c5ccc6oc7ccccc7c6c5)cc2c43)c(-c2cc3c4ccccc4n4c5ccccc5c(c2)c34)c1. The standard InChI is InChI=1S/C126H72BN7O/c1-2-28-73(29-3-1)81-41-26-42-82(76-63-97-89-34-8-19-49-109(89)130-110-50-20-9-35-90(110)98(64-76)124(97)130)122(81)133-115-71-79(128-105-45-15-4-30-85(105)86-31-5-16-46-106(86)128)57-59-103(115)127-104-60-58-80(129-107-47-17-6-32-87(107)88-33-7-18-48-108(88)129)72-116(104)134(118-70-75(69-117(133)121(118)127)74-56-61-120-96(62-74)95-40-14-25-55-119(95)135-120)123-83(77-65-99-91-36-10-21-51-111(91)131-112-52-22-11-37-92(112)100(66-77)125(99)131)43-27-44-84(123)78-67-101-93-38-12-23-53-113(93)132-114-54-24-13-39-94(114)102(68-78)126(101)132/h1-72H/i4D,5D,6D,7D,15D,16D,17D,18D,26D,27D,30D,31D,32D,33D,45D,46D,47D,48D. The van der Waals surface area contributed by atoms with Gasteiger partial charge in [-0.05, 0) is 201 Å². The van der Waals surface area contributed by atoms with Crippen LogP contribution in [0.4, 0.5) is 34.1 Å². The minimum absolute atomic E-state index is 0.116. The number of furan rings is 1. The van der Waals surface area contributed by atoms with Crippen LogP contribution in [-0.4, -0.2) is 29.0 Å². The molecule has 0 atom stereocenters. The highest BCUT2D eigenvalue weighted by molar-refractivity contribution is 7.00. The van der Waals surface area contributed by atoms with Crippen molar-refractivity contribution in [3.63, 3.8) is 0 Å². The van der Waals surface area contributed by atoms with Crippen molar-refractivity contribution in [2.24, 2.45) is 0 Å². The van der Waals surface area contributed by atoms with Crippen molar-refractivity contribution in [2.75, 3.05) is 9.80 Å². The summed E-state index contributed by atoms with van der Waals surface area (Å²) in [6.07, 6.45) is 0. The van der Waals surface area contributed by atoms with E-state index in [1.807, 2.05) is 121 Å². The van der Waals surface area contributed by atoms with Gasteiger partial charge < -0.3 is 36.6 Å². The Morgan fingerprint density at radius 3 is 0.904 bits per heavy atom. The maximum Gasteiger partial charge on any atom is 0.252 e. The summed E-state index contributed by atoms with van der Waals surface area (Å²) < 4.78 is 195. The number of fused-ring (bicyclic) bond motifs is 31. The summed E-state index contributed by atoms with van der Waals surface area (Å²) in [5.74, 6) is 0. The summed E-state index contributed by atoms with van der Waals surface area (Å²) in [5, 5.41) is 12.7. The van der Waals surface area contributed by atoms with Gasteiger partial charge in [-0.15, -0.1) is 0 Å². The molecule has 9 heteroatoms. The fourth-order valence-electron chi connectivity index (χ4n) is 23.9. The number of rotatable bonds is 9. The third-order valence-electron chi connectivity index (χ3n) is 29.3. The van der Waals surface area contributed by atoms with Gasteiger partial charge >= 0.3 is 0 Å². The number of para-hydroxylation sites is 13. The van der Waals surface area contributed by atoms with E-state index >= 15 is 0 Å². The Kier molecular flexibility index (Phi) is 11.2. The summed E-state index contributed by atoms with van der Waals surface area (Å²) in [5.41, 5.74) is 22.0. The second-order valence-corrected chi connectivity index (χ2v) is 35.9. The first-order valence-electron chi connectivity index (χ1n) is 54.3. The normalized spacial score (nSPS) is 14.9. The summed E-state index contributed by atoms with van der Waals surface area (Å²) >= 11 is 0. The molecule has 0 spiro atoms. The molecule has 0 radical (unpaired) electrons. The van der Waals surface area contributed by atoms with Crippen LogP contribution in [0.15, 0.2) is 441 Å². The number of aromatic nitrogens is 5. The van der Waals surface area contributed by atoms with Gasteiger partial charge in [0.05, 0.1) is 108 Å². The molecule has 0 N–H and O–H groups in total.